The lowest BCUT2D eigenvalue weighted by Crippen LogP contribution is -2.13. The Labute approximate surface area is 149 Å². The van der Waals surface area contributed by atoms with E-state index in [2.05, 4.69) is 21.0 Å². The molecule has 2 rings (SSSR count). The summed E-state index contributed by atoms with van der Waals surface area (Å²) in [5.41, 5.74) is 5.49. The van der Waals surface area contributed by atoms with Crippen molar-refractivity contribution >= 4 is 44.9 Å². The van der Waals surface area contributed by atoms with E-state index in [-0.39, 0.29) is 27.0 Å². The Kier molecular flexibility index (Phi) is 4.69. The lowest BCUT2D eigenvalue weighted by atomic mass is 9.92. The van der Waals surface area contributed by atoms with Crippen LogP contribution in [0.5, 0.6) is 0 Å². The second kappa shape index (κ2) is 5.86. The first-order valence-electron chi connectivity index (χ1n) is 6.45. The van der Waals surface area contributed by atoms with Crippen molar-refractivity contribution in [3.8, 4) is 5.69 Å². The van der Waals surface area contributed by atoms with Crippen LogP contribution >= 0.6 is 39.1 Å². The van der Waals surface area contributed by atoms with Gasteiger partial charge in [0.25, 0.3) is 0 Å². The van der Waals surface area contributed by atoms with Gasteiger partial charge in [0, 0.05) is 5.41 Å². The molecule has 0 radical (unpaired) electrons. The van der Waals surface area contributed by atoms with Gasteiger partial charge in [0.1, 0.15) is 11.5 Å². The van der Waals surface area contributed by atoms with E-state index in [1.807, 2.05) is 20.8 Å². The Morgan fingerprint density at radius 3 is 1.96 bits per heavy atom. The molecule has 2 aromatic rings. The third-order valence-electron chi connectivity index (χ3n) is 3.13. The highest BCUT2D eigenvalue weighted by Crippen LogP contribution is 2.40. The molecule has 9 heteroatoms. The minimum absolute atomic E-state index is 0.107. The molecule has 0 unspecified atom stereocenters. The van der Waals surface area contributed by atoms with Crippen LogP contribution in [0, 0.1) is 0 Å². The van der Waals surface area contributed by atoms with Crippen molar-refractivity contribution in [3.63, 3.8) is 0 Å². The molecule has 0 saturated heterocycles. The van der Waals surface area contributed by atoms with Crippen molar-refractivity contribution in [1.29, 1.82) is 0 Å². The Hall–Kier alpha value is -0.920. The maximum Gasteiger partial charge on any atom is 0.416 e. The number of nitrogens with zero attached hydrogens (tertiary/aromatic N) is 2. The number of rotatable bonds is 1. The summed E-state index contributed by atoms with van der Waals surface area (Å²) >= 11 is 15.4. The first kappa shape index (κ1) is 18.4. The van der Waals surface area contributed by atoms with E-state index in [4.69, 9.17) is 28.9 Å². The third kappa shape index (κ3) is 3.46. The van der Waals surface area contributed by atoms with E-state index in [9.17, 15) is 13.2 Å². The smallest absolute Gasteiger partial charge is 0.383 e. The Balaban J connectivity index is 2.69. The van der Waals surface area contributed by atoms with Gasteiger partial charge < -0.3 is 5.73 Å². The van der Waals surface area contributed by atoms with Crippen molar-refractivity contribution in [2.24, 2.45) is 0 Å². The Bertz CT molecular complexity index is 741. The first-order valence-corrected chi connectivity index (χ1v) is 8.00. The molecule has 0 fully saturated rings. The number of anilines is 1. The summed E-state index contributed by atoms with van der Waals surface area (Å²) in [6.45, 7) is 5.79. The molecule has 1 aromatic heterocycles. The van der Waals surface area contributed by atoms with Gasteiger partial charge in [-0.3, -0.25) is 0 Å². The molecule has 2 N–H and O–H groups in total. The summed E-state index contributed by atoms with van der Waals surface area (Å²) in [4.78, 5) is 0. The highest BCUT2D eigenvalue weighted by atomic mass is 79.9. The van der Waals surface area contributed by atoms with Crippen LogP contribution in [-0.2, 0) is 11.6 Å². The van der Waals surface area contributed by atoms with E-state index in [0.29, 0.717) is 10.2 Å². The van der Waals surface area contributed by atoms with Crippen molar-refractivity contribution in [2.45, 2.75) is 32.4 Å². The van der Waals surface area contributed by atoms with E-state index >= 15 is 0 Å². The fourth-order valence-electron chi connectivity index (χ4n) is 1.99. The van der Waals surface area contributed by atoms with Crippen LogP contribution in [0.1, 0.15) is 32.0 Å². The molecule has 0 aliphatic rings. The van der Waals surface area contributed by atoms with Gasteiger partial charge in [0.2, 0.25) is 0 Å². The van der Waals surface area contributed by atoms with Gasteiger partial charge in [0.15, 0.2) is 0 Å². The molecular weight excluding hydrogens is 418 g/mol. The predicted octanol–water partition coefficient (Wildman–Crippen LogP) is 5.84. The van der Waals surface area contributed by atoms with Gasteiger partial charge in [-0.1, -0.05) is 44.0 Å². The molecule has 0 aliphatic carbocycles. The zero-order valence-electron chi connectivity index (χ0n) is 12.4. The third-order valence-corrected chi connectivity index (χ3v) is 4.49. The lowest BCUT2D eigenvalue weighted by Gasteiger charge is -2.15. The van der Waals surface area contributed by atoms with E-state index in [1.165, 1.54) is 4.68 Å². The van der Waals surface area contributed by atoms with Crippen LogP contribution in [0.2, 0.25) is 10.0 Å². The number of aromatic nitrogens is 2. The molecule has 0 spiro atoms. The molecule has 0 atom stereocenters. The molecule has 0 aliphatic heterocycles. The number of benzene rings is 1. The highest BCUT2D eigenvalue weighted by Gasteiger charge is 2.33. The quantitative estimate of drug-likeness (QED) is 0.617. The van der Waals surface area contributed by atoms with Crippen LogP contribution < -0.4 is 5.73 Å². The second-order valence-corrected chi connectivity index (χ2v) is 7.60. The molecule has 0 bridgehead atoms. The van der Waals surface area contributed by atoms with Crippen LogP contribution in [0.4, 0.5) is 19.0 Å². The summed E-state index contributed by atoms with van der Waals surface area (Å²) in [5, 5.41) is 3.98. The number of hydrogen-bond acceptors (Lipinski definition) is 2. The number of halogens is 6. The topological polar surface area (TPSA) is 43.8 Å². The summed E-state index contributed by atoms with van der Waals surface area (Å²) < 4.78 is 40.2. The van der Waals surface area contributed by atoms with Crippen LogP contribution in [-0.4, -0.2) is 9.78 Å². The minimum atomic E-state index is -4.54. The molecule has 0 amide bonds. The Morgan fingerprint density at radius 1 is 1.13 bits per heavy atom. The molecule has 3 nitrogen and oxygen atoms in total. The number of nitrogens with two attached hydrogens (primary N) is 1. The maximum absolute atomic E-state index is 12.8. The first-order chi connectivity index (χ1) is 10.3. The summed E-state index contributed by atoms with van der Waals surface area (Å²) in [5.74, 6) is 0.207. The molecule has 1 aromatic carbocycles. The van der Waals surface area contributed by atoms with Crippen LogP contribution in [0.25, 0.3) is 5.69 Å². The summed E-state index contributed by atoms with van der Waals surface area (Å²) in [7, 11) is 0. The average molecular weight is 431 g/mol. The SMILES string of the molecule is CC(C)(C)c1nn(-c2c(Cl)cc(C(F)(F)F)cc2Cl)c(N)c1Br. The largest absolute Gasteiger partial charge is 0.416 e. The number of hydrogen-bond donors (Lipinski definition) is 1. The van der Waals surface area contributed by atoms with Gasteiger partial charge in [-0.2, -0.15) is 18.3 Å². The fraction of sp³-hybridized carbons (Fsp3) is 0.357. The van der Waals surface area contributed by atoms with Gasteiger partial charge >= 0.3 is 6.18 Å². The van der Waals surface area contributed by atoms with Crippen molar-refractivity contribution < 1.29 is 13.2 Å². The van der Waals surface area contributed by atoms with Gasteiger partial charge in [-0.15, -0.1) is 0 Å². The van der Waals surface area contributed by atoms with Crippen molar-refractivity contribution in [2.75, 3.05) is 5.73 Å². The monoisotopic (exact) mass is 429 g/mol. The van der Waals surface area contributed by atoms with Gasteiger partial charge in [-0.25, -0.2) is 4.68 Å². The Morgan fingerprint density at radius 2 is 1.61 bits per heavy atom. The molecule has 0 saturated carbocycles. The average Bonchev–Trinajstić information content (AvgIpc) is 2.65. The normalized spacial score (nSPS) is 12.7. The van der Waals surface area contributed by atoms with E-state index < -0.39 is 11.7 Å². The lowest BCUT2D eigenvalue weighted by molar-refractivity contribution is -0.137. The van der Waals surface area contributed by atoms with Crippen LogP contribution in [0.15, 0.2) is 16.6 Å². The van der Waals surface area contributed by atoms with E-state index in [1.54, 1.807) is 0 Å². The molecular formula is C14H13BrCl2F3N3. The van der Waals surface area contributed by atoms with E-state index in [0.717, 1.165) is 12.1 Å². The van der Waals surface area contributed by atoms with Gasteiger partial charge in [0.05, 0.1) is 25.8 Å². The van der Waals surface area contributed by atoms with Crippen molar-refractivity contribution in [1.82, 2.24) is 9.78 Å². The molecule has 23 heavy (non-hydrogen) atoms. The molecule has 1 heterocycles. The standard InChI is InChI=1S/C14H13BrCl2F3N3/c1-13(2,3)11-9(15)12(21)23(22-11)10-7(16)4-6(5-8(10)17)14(18,19)20/h4-5H,21H2,1-3H3. The minimum Gasteiger partial charge on any atom is -0.383 e. The fourth-order valence-corrected chi connectivity index (χ4v) is 3.48. The summed E-state index contributed by atoms with van der Waals surface area (Å²) in [6, 6.07) is 1.60. The second-order valence-electron chi connectivity index (χ2n) is 6.00. The molecule has 126 valence electrons. The van der Waals surface area contributed by atoms with Crippen molar-refractivity contribution in [3.05, 3.63) is 37.9 Å². The maximum atomic E-state index is 12.8. The predicted molar refractivity (Wildman–Crippen MR) is 89.4 cm³/mol. The number of alkyl halides is 3. The zero-order chi connectivity index (χ0) is 17.7. The zero-order valence-corrected chi connectivity index (χ0v) is 15.5. The highest BCUT2D eigenvalue weighted by molar-refractivity contribution is 9.10. The van der Waals surface area contributed by atoms with Gasteiger partial charge in [-0.05, 0) is 28.1 Å². The number of nitrogen functional groups attached to an aromatic ring is 1. The van der Waals surface area contributed by atoms with Crippen LogP contribution in [0.3, 0.4) is 0 Å². The summed E-state index contributed by atoms with van der Waals surface area (Å²) in [6.07, 6.45) is -4.54.